The van der Waals surface area contributed by atoms with E-state index < -0.39 is 0 Å². The van der Waals surface area contributed by atoms with Crippen molar-refractivity contribution < 1.29 is 0 Å². The van der Waals surface area contributed by atoms with Crippen molar-refractivity contribution in [3.05, 3.63) is 0 Å². The van der Waals surface area contributed by atoms with Crippen molar-refractivity contribution in [1.82, 2.24) is 10.2 Å². The van der Waals surface area contributed by atoms with Gasteiger partial charge in [0.1, 0.15) is 0 Å². The standard InChI is InChI=1S/C10H22N2S/c1-12(2)7-4-6-11-10-5-3-8-13-9-10/h10-11H,3-9H2,1-2H3. The maximum atomic E-state index is 3.63. The summed E-state index contributed by atoms with van der Waals surface area (Å²) >= 11 is 2.09. The van der Waals surface area contributed by atoms with Crippen LogP contribution in [0.1, 0.15) is 19.3 Å². The zero-order valence-corrected chi connectivity index (χ0v) is 9.70. The molecule has 1 rings (SSSR count). The molecule has 1 fully saturated rings. The van der Waals surface area contributed by atoms with Crippen molar-refractivity contribution in [2.75, 3.05) is 38.7 Å². The molecule has 0 spiro atoms. The third-order valence-electron chi connectivity index (χ3n) is 2.38. The normalized spacial score (nSPS) is 23.8. The van der Waals surface area contributed by atoms with Gasteiger partial charge in [0.05, 0.1) is 0 Å². The minimum absolute atomic E-state index is 0.793. The Labute approximate surface area is 86.5 Å². The van der Waals surface area contributed by atoms with Crippen LogP contribution in [-0.2, 0) is 0 Å². The number of rotatable bonds is 5. The smallest absolute Gasteiger partial charge is 0.0158 e. The van der Waals surface area contributed by atoms with Gasteiger partial charge in [0, 0.05) is 11.8 Å². The average Bonchev–Trinajstić information content (AvgIpc) is 2.14. The first-order valence-electron chi connectivity index (χ1n) is 5.25. The van der Waals surface area contributed by atoms with Gasteiger partial charge in [-0.15, -0.1) is 0 Å². The van der Waals surface area contributed by atoms with Crippen LogP contribution in [0.5, 0.6) is 0 Å². The summed E-state index contributed by atoms with van der Waals surface area (Å²) in [6.07, 6.45) is 4.05. The fourth-order valence-corrected chi connectivity index (χ4v) is 2.71. The third kappa shape index (κ3) is 5.55. The molecule has 78 valence electrons. The van der Waals surface area contributed by atoms with Crippen molar-refractivity contribution in [3.8, 4) is 0 Å². The van der Waals surface area contributed by atoms with Crippen molar-refractivity contribution in [2.24, 2.45) is 0 Å². The Morgan fingerprint density at radius 2 is 2.31 bits per heavy atom. The summed E-state index contributed by atoms with van der Waals surface area (Å²) in [6.45, 7) is 2.39. The summed E-state index contributed by atoms with van der Waals surface area (Å²) in [5.41, 5.74) is 0. The second-order valence-corrected chi connectivity index (χ2v) is 5.17. The van der Waals surface area contributed by atoms with E-state index in [0.717, 1.165) is 6.04 Å². The summed E-state index contributed by atoms with van der Waals surface area (Å²) in [4.78, 5) is 2.25. The Morgan fingerprint density at radius 1 is 1.46 bits per heavy atom. The fourth-order valence-electron chi connectivity index (χ4n) is 1.60. The molecule has 1 aliphatic rings. The lowest BCUT2D eigenvalue weighted by atomic mass is 10.2. The van der Waals surface area contributed by atoms with Crippen molar-refractivity contribution >= 4 is 11.8 Å². The largest absolute Gasteiger partial charge is 0.313 e. The number of nitrogens with zero attached hydrogens (tertiary/aromatic N) is 1. The Hall–Kier alpha value is 0.270. The molecule has 0 saturated carbocycles. The van der Waals surface area contributed by atoms with Gasteiger partial charge >= 0.3 is 0 Å². The predicted octanol–water partition coefficient (Wildman–Crippen LogP) is 1.42. The molecule has 0 aromatic carbocycles. The SMILES string of the molecule is CN(C)CCCNC1CCCSC1. The molecule has 1 unspecified atom stereocenters. The molecular weight excluding hydrogens is 180 g/mol. The van der Waals surface area contributed by atoms with E-state index in [2.05, 4.69) is 36.1 Å². The second kappa shape index (κ2) is 6.68. The van der Waals surface area contributed by atoms with Gasteiger partial charge in [-0.2, -0.15) is 11.8 Å². The van der Waals surface area contributed by atoms with E-state index in [1.807, 2.05) is 0 Å². The summed E-state index contributed by atoms with van der Waals surface area (Å²) in [5, 5.41) is 3.63. The van der Waals surface area contributed by atoms with E-state index in [-0.39, 0.29) is 0 Å². The highest BCUT2D eigenvalue weighted by Crippen LogP contribution is 2.16. The Morgan fingerprint density at radius 3 is 2.92 bits per heavy atom. The molecule has 1 atom stereocenters. The topological polar surface area (TPSA) is 15.3 Å². The van der Waals surface area contributed by atoms with Gasteiger partial charge in [-0.25, -0.2) is 0 Å². The van der Waals surface area contributed by atoms with Crippen molar-refractivity contribution in [3.63, 3.8) is 0 Å². The average molecular weight is 202 g/mol. The van der Waals surface area contributed by atoms with Crippen LogP contribution in [0.15, 0.2) is 0 Å². The third-order valence-corrected chi connectivity index (χ3v) is 3.59. The van der Waals surface area contributed by atoms with E-state index in [0.29, 0.717) is 0 Å². The lowest BCUT2D eigenvalue weighted by Crippen LogP contribution is -2.35. The number of hydrogen-bond acceptors (Lipinski definition) is 3. The van der Waals surface area contributed by atoms with Gasteiger partial charge in [-0.3, -0.25) is 0 Å². The van der Waals surface area contributed by atoms with Crippen LogP contribution in [0.4, 0.5) is 0 Å². The highest BCUT2D eigenvalue weighted by molar-refractivity contribution is 7.99. The molecule has 1 heterocycles. The van der Waals surface area contributed by atoms with Crippen LogP contribution in [0.2, 0.25) is 0 Å². The van der Waals surface area contributed by atoms with Crippen molar-refractivity contribution in [2.45, 2.75) is 25.3 Å². The van der Waals surface area contributed by atoms with Gasteiger partial charge in [0.25, 0.3) is 0 Å². The lowest BCUT2D eigenvalue weighted by molar-refractivity contribution is 0.385. The Kier molecular flexibility index (Phi) is 5.83. The highest BCUT2D eigenvalue weighted by Gasteiger charge is 2.11. The van der Waals surface area contributed by atoms with E-state index in [1.165, 1.54) is 43.9 Å². The van der Waals surface area contributed by atoms with Crippen LogP contribution in [-0.4, -0.2) is 49.6 Å². The first-order valence-corrected chi connectivity index (χ1v) is 6.40. The van der Waals surface area contributed by atoms with Gasteiger partial charge in [0.2, 0.25) is 0 Å². The molecule has 0 amide bonds. The molecule has 1 aliphatic heterocycles. The molecule has 0 aromatic heterocycles. The van der Waals surface area contributed by atoms with Crippen LogP contribution >= 0.6 is 11.8 Å². The molecule has 0 radical (unpaired) electrons. The molecule has 3 heteroatoms. The first-order chi connectivity index (χ1) is 6.29. The monoisotopic (exact) mass is 202 g/mol. The first kappa shape index (κ1) is 11.3. The summed E-state index contributed by atoms with van der Waals surface area (Å²) in [5.74, 6) is 2.69. The van der Waals surface area contributed by atoms with Crippen LogP contribution in [0.3, 0.4) is 0 Å². The van der Waals surface area contributed by atoms with Crippen LogP contribution in [0.25, 0.3) is 0 Å². The number of thioether (sulfide) groups is 1. The second-order valence-electron chi connectivity index (χ2n) is 4.03. The molecule has 0 aliphatic carbocycles. The van der Waals surface area contributed by atoms with Gasteiger partial charge in [-0.05, 0) is 52.2 Å². The zero-order chi connectivity index (χ0) is 9.52. The number of nitrogens with one attached hydrogen (secondary N) is 1. The summed E-state index contributed by atoms with van der Waals surface area (Å²) in [6, 6.07) is 0.793. The molecule has 0 aromatic rings. The molecular formula is C10H22N2S. The van der Waals surface area contributed by atoms with Gasteiger partial charge in [-0.1, -0.05) is 0 Å². The van der Waals surface area contributed by atoms with E-state index in [1.54, 1.807) is 0 Å². The van der Waals surface area contributed by atoms with E-state index in [4.69, 9.17) is 0 Å². The predicted molar refractivity (Wildman–Crippen MR) is 61.5 cm³/mol. The van der Waals surface area contributed by atoms with Crippen molar-refractivity contribution in [1.29, 1.82) is 0 Å². The van der Waals surface area contributed by atoms with Gasteiger partial charge in [0.15, 0.2) is 0 Å². The molecule has 2 nitrogen and oxygen atoms in total. The minimum Gasteiger partial charge on any atom is -0.313 e. The molecule has 13 heavy (non-hydrogen) atoms. The molecule has 1 N–H and O–H groups in total. The zero-order valence-electron chi connectivity index (χ0n) is 8.88. The summed E-state index contributed by atoms with van der Waals surface area (Å²) in [7, 11) is 4.27. The molecule has 1 saturated heterocycles. The molecule has 0 bridgehead atoms. The Balaban J connectivity index is 1.92. The van der Waals surface area contributed by atoms with E-state index in [9.17, 15) is 0 Å². The number of hydrogen-bond donors (Lipinski definition) is 1. The van der Waals surface area contributed by atoms with E-state index >= 15 is 0 Å². The Bertz CT molecular complexity index is 122. The minimum atomic E-state index is 0.793. The fraction of sp³-hybridized carbons (Fsp3) is 1.00. The maximum Gasteiger partial charge on any atom is 0.0158 e. The summed E-state index contributed by atoms with van der Waals surface area (Å²) < 4.78 is 0. The quantitative estimate of drug-likeness (QED) is 0.679. The maximum absolute atomic E-state index is 3.63. The van der Waals surface area contributed by atoms with Crippen LogP contribution < -0.4 is 5.32 Å². The lowest BCUT2D eigenvalue weighted by Gasteiger charge is -2.22. The van der Waals surface area contributed by atoms with Gasteiger partial charge < -0.3 is 10.2 Å². The van der Waals surface area contributed by atoms with Crippen LogP contribution in [0, 0.1) is 0 Å². The highest BCUT2D eigenvalue weighted by atomic mass is 32.2.